The summed E-state index contributed by atoms with van der Waals surface area (Å²) in [5.74, 6) is 0.376. The highest BCUT2D eigenvalue weighted by Gasteiger charge is 2.20. The minimum Gasteiger partial charge on any atom is -0.314 e. The zero-order valence-electron chi connectivity index (χ0n) is 10.8. The number of hydrogen-bond donors (Lipinski definition) is 1. The van der Waals surface area contributed by atoms with Gasteiger partial charge in [0.05, 0.1) is 10.0 Å². The van der Waals surface area contributed by atoms with E-state index in [-0.39, 0.29) is 0 Å². The van der Waals surface area contributed by atoms with Crippen LogP contribution in [0.15, 0.2) is 18.2 Å². The largest absolute Gasteiger partial charge is 0.314 e. The molecule has 2 unspecified atom stereocenters. The molecule has 2 atom stereocenters. The van der Waals surface area contributed by atoms with E-state index in [0.717, 1.165) is 18.5 Å². The van der Waals surface area contributed by atoms with Crippen LogP contribution in [0.4, 0.5) is 0 Å². The van der Waals surface area contributed by atoms with E-state index < -0.39 is 0 Å². The van der Waals surface area contributed by atoms with Crippen molar-refractivity contribution in [1.82, 2.24) is 5.32 Å². The molecule has 0 saturated carbocycles. The van der Waals surface area contributed by atoms with Crippen molar-refractivity contribution in [2.24, 2.45) is 0 Å². The second kappa shape index (κ2) is 7.25. The molecule has 1 rings (SSSR count). The third-order valence-electron chi connectivity index (χ3n) is 3.14. The van der Waals surface area contributed by atoms with Gasteiger partial charge in [0.2, 0.25) is 0 Å². The van der Waals surface area contributed by atoms with Crippen LogP contribution in [0.2, 0.25) is 10.0 Å². The van der Waals surface area contributed by atoms with Gasteiger partial charge >= 0.3 is 0 Å². The Kier molecular flexibility index (Phi) is 6.32. The summed E-state index contributed by atoms with van der Waals surface area (Å²) < 4.78 is 0. The lowest BCUT2D eigenvalue weighted by molar-refractivity contribution is 0.430. The van der Waals surface area contributed by atoms with Gasteiger partial charge in [-0.15, -0.1) is 0 Å². The van der Waals surface area contributed by atoms with E-state index in [9.17, 15) is 0 Å². The van der Waals surface area contributed by atoms with Crippen molar-refractivity contribution in [2.75, 3.05) is 6.54 Å². The summed E-state index contributed by atoms with van der Waals surface area (Å²) in [7, 11) is 0. The number of benzene rings is 1. The Bertz CT molecular complexity index is 346. The van der Waals surface area contributed by atoms with Gasteiger partial charge in [-0.05, 0) is 30.5 Å². The molecule has 0 bridgehead atoms. The molecule has 0 aliphatic rings. The smallest absolute Gasteiger partial charge is 0.0627 e. The second-order valence-electron chi connectivity index (χ2n) is 4.38. The SMILES string of the molecule is CCCC(NCC)C(C)c1cccc(Cl)c1Cl. The molecule has 0 radical (unpaired) electrons. The van der Waals surface area contributed by atoms with Crippen molar-refractivity contribution in [3.8, 4) is 0 Å². The van der Waals surface area contributed by atoms with E-state index in [4.69, 9.17) is 23.2 Å². The topological polar surface area (TPSA) is 12.0 Å². The van der Waals surface area contributed by atoms with Gasteiger partial charge in [-0.25, -0.2) is 0 Å². The van der Waals surface area contributed by atoms with E-state index in [1.165, 1.54) is 6.42 Å². The first-order valence-corrected chi connectivity index (χ1v) is 7.04. The summed E-state index contributed by atoms with van der Waals surface area (Å²) in [6, 6.07) is 6.33. The summed E-state index contributed by atoms with van der Waals surface area (Å²) >= 11 is 12.3. The third-order valence-corrected chi connectivity index (χ3v) is 3.98. The van der Waals surface area contributed by atoms with E-state index in [1.54, 1.807) is 0 Å². The van der Waals surface area contributed by atoms with Crippen molar-refractivity contribution >= 4 is 23.2 Å². The maximum atomic E-state index is 6.27. The first kappa shape index (κ1) is 14.8. The van der Waals surface area contributed by atoms with Crippen LogP contribution in [0.25, 0.3) is 0 Å². The van der Waals surface area contributed by atoms with Crippen LogP contribution in [0.5, 0.6) is 0 Å². The lowest BCUT2D eigenvalue weighted by Gasteiger charge is -2.25. The fraction of sp³-hybridized carbons (Fsp3) is 0.571. The fourth-order valence-electron chi connectivity index (χ4n) is 2.19. The molecular weight excluding hydrogens is 253 g/mol. The maximum absolute atomic E-state index is 6.27. The highest BCUT2D eigenvalue weighted by molar-refractivity contribution is 6.42. The van der Waals surface area contributed by atoms with Crippen molar-refractivity contribution in [2.45, 2.75) is 45.6 Å². The summed E-state index contributed by atoms with van der Waals surface area (Å²) in [4.78, 5) is 0. The predicted molar refractivity (Wildman–Crippen MR) is 77.2 cm³/mol. The number of halogens is 2. The Hall–Kier alpha value is -0.240. The van der Waals surface area contributed by atoms with E-state index in [0.29, 0.717) is 22.0 Å². The summed E-state index contributed by atoms with van der Waals surface area (Å²) in [5.41, 5.74) is 1.14. The molecule has 0 aromatic heterocycles. The van der Waals surface area contributed by atoms with Crippen molar-refractivity contribution < 1.29 is 0 Å². The van der Waals surface area contributed by atoms with Gasteiger partial charge in [0.15, 0.2) is 0 Å². The molecule has 3 heteroatoms. The highest BCUT2D eigenvalue weighted by Crippen LogP contribution is 2.33. The van der Waals surface area contributed by atoms with Gasteiger partial charge in [-0.2, -0.15) is 0 Å². The van der Waals surface area contributed by atoms with Gasteiger partial charge in [-0.1, -0.05) is 62.5 Å². The van der Waals surface area contributed by atoms with Crippen molar-refractivity contribution in [3.05, 3.63) is 33.8 Å². The first-order chi connectivity index (χ1) is 8.11. The monoisotopic (exact) mass is 273 g/mol. The maximum Gasteiger partial charge on any atom is 0.0627 e. The van der Waals surface area contributed by atoms with Gasteiger partial charge in [-0.3, -0.25) is 0 Å². The Morgan fingerprint density at radius 3 is 2.53 bits per heavy atom. The van der Waals surface area contributed by atoms with Gasteiger partial charge in [0, 0.05) is 6.04 Å². The van der Waals surface area contributed by atoms with Crippen LogP contribution < -0.4 is 5.32 Å². The zero-order valence-corrected chi connectivity index (χ0v) is 12.3. The molecule has 1 N–H and O–H groups in total. The Morgan fingerprint density at radius 1 is 1.24 bits per heavy atom. The minimum absolute atomic E-state index is 0.376. The fourth-order valence-corrected chi connectivity index (χ4v) is 2.67. The Labute approximate surface area is 115 Å². The third kappa shape index (κ3) is 3.87. The summed E-state index contributed by atoms with van der Waals surface area (Å²) in [6.07, 6.45) is 2.32. The lowest BCUT2D eigenvalue weighted by Crippen LogP contribution is -2.33. The molecule has 0 fully saturated rings. The quantitative estimate of drug-likeness (QED) is 0.780. The molecule has 0 spiro atoms. The number of rotatable bonds is 6. The van der Waals surface area contributed by atoms with Crippen LogP contribution in [0.3, 0.4) is 0 Å². The molecule has 1 aromatic rings. The lowest BCUT2D eigenvalue weighted by atomic mass is 9.90. The Morgan fingerprint density at radius 2 is 1.94 bits per heavy atom. The molecule has 0 aliphatic heterocycles. The van der Waals surface area contributed by atoms with E-state index in [2.05, 4.69) is 32.2 Å². The average molecular weight is 274 g/mol. The molecule has 0 aliphatic carbocycles. The van der Waals surface area contributed by atoms with Crippen molar-refractivity contribution in [1.29, 1.82) is 0 Å². The van der Waals surface area contributed by atoms with Gasteiger partial charge < -0.3 is 5.32 Å². The molecule has 0 heterocycles. The molecule has 17 heavy (non-hydrogen) atoms. The van der Waals surface area contributed by atoms with Gasteiger partial charge in [0.1, 0.15) is 0 Å². The molecule has 96 valence electrons. The number of hydrogen-bond acceptors (Lipinski definition) is 1. The van der Waals surface area contributed by atoms with Crippen LogP contribution in [0, 0.1) is 0 Å². The van der Waals surface area contributed by atoms with Crippen LogP contribution in [-0.2, 0) is 0 Å². The van der Waals surface area contributed by atoms with E-state index >= 15 is 0 Å². The molecule has 0 saturated heterocycles. The number of nitrogens with one attached hydrogen (secondary N) is 1. The Balaban J connectivity index is 2.92. The average Bonchev–Trinajstić information content (AvgIpc) is 2.31. The van der Waals surface area contributed by atoms with Crippen LogP contribution in [-0.4, -0.2) is 12.6 Å². The second-order valence-corrected chi connectivity index (χ2v) is 5.17. The summed E-state index contributed by atoms with van der Waals surface area (Å²) in [5, 5.41) is 4.86. The predicted octanol–water partition coefficient (Wildman–Crippen LogP) is 4.88. The highest BCUT2D eigenvalue weighted by atomic mass is 35.5. The van der Waals surface area contributed by atoms with Crippen LogP contribution >= 0.6 is 23.2 Å². The zero-order chi connectivity index (χ0) is 12.8. The molecular formula is C14H21Cl2N. The number of likely N-dealkylation sites (N-methyl/N-ethyl adjacent to an activating group) is 1. The van der Waals surface area contributed by atoms with Crippen molar-refractivity contribution in [3.63, 3.8) is 0 Å². The molecule has 1 aromatic carbocycles. The van der Waals surface area contributed by atoms with Crippen LogP contribution in [0.1, 0.15) is 45.1 Å². The normalized spacial score (nSPS) is 14.6. The first-order valence-electron chi connectivity index (χ1n) is 6.29. The van der Waals surface area contributed by atoms with E-state index in [1.807, 2.05) is 12.1 Å². The minimum atomic E-state index is 0.376. The standard InChI is InChI=1S/C14H21Cl2N/c1-4-7-13(17-5-2)10(3)11-8-6-9-12(15)14(11)16/h6,8-10,13,17H,4-5,7H2,1-3H3. The summed E-state index contributed by atoms with van der Waals surface area (Å²) in [6.45, 7) is 7.53. The van der Waals surface area contributed by atoms with Gasteiger partial charge in [0.25, 0.3) is 0 Å². The molecule has 0 amide bonds. The molecule has 1 nitrogen and oxygen atoms in total.